The topological polar surface area (TPSA) is 42.4 Å². The van der Waals surface area contributed by atoms with Gasteiger partial charge in [0.05, 0.1) is 17.5 Å². The van der Waals surface area contributed by atoms with E-state index < -0.39 is 6.10 Å². The number of methoxy groups -OCH3 is 1. The van der Waals surface area contributed by atoms with Crippen molar-refractivity contribution < 1.29 is 9.84 Å². The normalized spacial score (nSPS) is 12.5. The van der Waals surface area contributed by atoms with Crippen LogP contribution < -0.4 is 4.74 Å². The van der Waals surface area contributed by atoms with Crippen molar-refractivity contribution in [2.75, 3.05) is 7.11 Å². The number of aryl methyl sites for hydroxylation is 2. The summed E-state index contributed by atoms with van der Waals surface area (Å²) >= 11 is 1.46. The van der Waals surface area contributed by atoms with E-state index in [-0.39, 0.29) is 0 Å². The second kappa shape index (κ2) is 4.85. The molecule has 2 rings (SSSR count). The molecular formula is C13H15NO2S. The molecule has 1 aromatic heterocycles. The monoisotopic (exact) mass is 249 g/mol. The first-order valence-corrected chi connectivity index (χ1v) is 6.23. The number of hydrogen-bond acceptors (Lipinski definition) is 4. The van der Waals surface area contributed by atoms with Crippen molar-refractivity contribution >= 4 is 11.3 Å². The van der Waals surface area contributed by atoms with Crippen molar-refractivity contribution in [3.05, 3.63) is 45.4 Å². The molecule has 0 bridgehead atoms. The number of nitrogens with zero attached hydrogens (tertiary/aromatic N) is 1. The Morgan fingerprint density at radius 2 is 2.06 bits per heavy atom. The molecule has 4 heteroatoms. The summed E-state index contributed by atoms with van der Waals surface area (Å²) in [6.45, 7) is 3.95. The molecule has 1 unspecified atom stereocenters. The average molecular weight is 249 g/mol. The first kappa shape index (κ1) is 12.1. The Morgan fingerprint density at radius 3 is 2.65 bits per heavy atom. The van der Waals surface area contributed by atoms with Gasteiger partial charge in [-0.3, -0.25) is 4.98 Å². The van der Waals surface area contributed by atoms with Crippen LogP contribution in [0.2, 0.25) is 0 Å². The molecule has 0 aliphatic heterocycles. The summed E-state index contributed by atoms with van der Waals surface area (Å²) in [5.41, 5.74) is 4.68. The number of thiazole rings is 1. The molecule has 0 radical (unpaired) electrons. The predicted octanol–water partition coefficient (Wildman–Crippen LogP) is 2.85. The summed E-state index contributed by atoms with van der Waals surface area (Å²) in [5, 5.41) is 10.3. The van der Waals surface area contributed by atoms with Gasteiger partial charge in [0, 0.05) is 6.20 Å². The third-order valence-electron chi connectivity index (χ3n) is 2.80. The maximum absolute atomic E-state index is 10.3. The fraction of sp³-hybridized carbons (Fsp3) is 0.308. The van der Waals surface area contributed by atoms with Crippen LogP contribution in [-0.4, -0.2) is 17.2 Å². The van der Waals surface area contributed by atoms with E-state index in [9.17, 15) is 5.11 Å². The van der Waals surface area contributed by atoms with Gasteiger partial charge in [-0.1, -0.05) is 0 Å². The SMILES string of the molecule is COc1cc(C)c(C(O)c2cncs2)cc1C. The molecule has 17 heavy (non-hydrogen) atoms. The summed E-state index contributed by atoms with van der Waals surface area (Å²) in [4.78, 5) is 4.85. The van der Waals surface area contributed by atoms with Crippen LogP contribution in [0.15, 0.2) is 23.8 Å². The fourth-order valence-electron chi connectivity index (χ4n) is 1.84. The number of hydrogen-bond donors (Lipinski definition) is 1. The molecule has 1 heterocycles. The van der Waals surface area contributed by atoms with Crippen LogP contribution in [0, 0.1) is 13.8 Å². The van der Waals surface area contributed by atoms with Crippen molar-refractivity contribution in [2.24, 2.45) is 0 Å². The lowest BCUT2D eigenvalue weighted by atomic mass is 9.99. The van der Waals surface area contributed by atoms with E-state index in [0.717, 1.165) is 27.3 Å². The Labute approximate surface area is 105 Å². The van der Waals surface area contributed by atoms with E-state index in [0.29, 0.717) is 0 Å². The van der Waals surface area contributed by atoms with Gasteiger partial charge in [0.2, 0.25) is 0 Å². The number of ether oxygens (including phenoxy) is 1. The maximum atomic E-state index is 10.3. The van der Waals surface area contributed by atoms with E-state index >= 15 is 0 Å². The molecule has 0 fully saturated rings. The molecule has 0 aliphatic rings. The third-order valence-corrected chi connectivity index (χ3v) is 3.63. The van der Waals surface area contributed by atoms with E-state index in [4.69, 9.17) is 4.74 Å². The highest BCUT2D eigenvalue weighted by Crippen LogP contribution is 2.31. The third kappa shape index (κ3) is 2.33. The van der Waals surface area contributed by atoms with Crippen LogP contribution in [0.1, 0.15) is 27.7 Å². The van der Waals surface area contributed by atoms with Gasteiger partial charge >= 0.3 is 0 Å². The summed E-state index contributed by atoms with van der Waals surface area (Å²) < 4.78 is 5.26. The highest BCUT2D eigenvalue weighted by molar-refractivity contribution is 7.09. The van der Waals surface area contributed by atoms with Gasteiger partial charge in [0.25, 0.3) is 0 Å². The first-order valence-electron chi connectivity index (χ1n) is 5.35. The van der Waals surface area contributed by atoms with Crippen molar-refractivity contribution in [1.82, 2.24) is 4.98 Å². The van der Waals surface area contributed by atoms with Gasteiger partial charge in [0.1, 0.15) is 11.9 Å². The number of aliphatic hydroxyl groups is 1. The Hall–Kier alpha value is -1.39. The van der Waals surface area contributed by atoms with Crippen LogP contribution in [0.4, 0.5) is 0 Å². The average Bonchev–Trinajstić information content (AvgIpc) is 2.84. The van der Waals surface area contributed by atoms with Gasteiger partial charge < -0.3 is 9.84 Å². The maximum Gasteiger partial charge on any atom is 0.122 e. The molecule has 2 aromatic rings. The minimum absolute atomic E-state index is 0.605. The van der Waals surface area contributed by atoms with E-state index in [1.165, 1.54) is 11.3 Å². The Kier molecular flexibility index (Phi) is 3.45. The van der Waals surface area contributed by atoms with Gasteiger partial charge in [-0.25, -0.2) is 0 Å². The van der Waals surface area contributed by atoms with Crippen LogP contribution in [0.3, 0.4) is 0 Å². The Bertz CT molecular complexity index is 508. The van der Waals surface area contributed by atoms with Crippen LogP contribution >= 0.6 is 11.3 Å². The molecule has 0 spiro atoms. The molecule has 0 saturated heterocycles. The summed E-state index contributed by atoms with van der Waals surface area (Å²) in [6, 6.07) is 3.92. The molecule has 0 saturated carbocycles. The Morgan fingerprint density at radius 1 is 1.29 bits per heavy atom. The first-order chi connectivity index (χ1) is 8.13. The molecule has 90 valence electrons. The van der Waals surface area contributed by atoms with Crippen LogP contribution in [0.5, 0.6) is 5.75 Å². The summed E-state index contributed by atoms with van der Waals surface area (Å²) in [6.07, 6.45) is 1.10. The van der Waals surface area contributed by atoms with E-state index in [2.05, 4.69) is 4.98 Å². The van der Waals surface area contributed by atoms with Gasteiger partial charge in [-0.15, -0.1) is 11.3 Å². The molecule has 3 nitrogen and oxygen atoms in total. The van der Waals surface area contributed by atoms with Crippen molar-refractivity contribution in [1.29, 1.82) is 0 Å². The highest BCUT2D eigenvalue weighted by atomic mass is 32.1. The highest BCUT2D eigenvalue weighted by Gasteiger charge is 2.16. The lowest BCUT2D eigenvalue weighted by Gasteiger charge is -2.15. The van der Waals surface area contributed by atoms with E-state index in [1.807, 2.05) is 26.0 Å². The second-order valence-electron chi connectivity index (χ2n) is 3.98. The second-order valence-corrected chi connectivity index (χ2v) is 4.90. The molecular weight excluding hydrogens is 234 g/mol. The largest absolute Gasteiger partial charge is 0.496 e. The number of benzene rings is 1. The standard InChI is InChI=1S/C13H15NO2S/c1-8-5-11(16-3)9(2)4-10(8)13(15)12-6-14-7-17-12/h4-7,13,15H,1-3H3. The minimum atomic E-state index is -0.605. The summed E-state index contributed by atoms with van der Waals surface area (Å²) in [7, 11) is 1.65. The molecule has 0 amide bonds. The zero-order chi connectivity index (χ0) is 12.4. The lowest BCUT2D eigenvalue weighted by molar-refractivity contribution is 0.223. The van der Waals surface area contributed by atoms with E-state index in [1.54, 1.807) is 18.8 Å². The predicted molar refractivity (Wildman–Crippen MR) is 68.6 cm³/mol. The smallest absolute Gasteiger partial charge is 0.122 e. The number of rotatable bonds is 3. The van der Waals surface area contributed by atoms with Crippen LogP contribution in [0.25, 0.3) is 0 Å². The van der Waals surface area contributed by atoms with Crippen LogP contribution in [-0.2, 0) is 0 Å². The molecule has 1 N–H and O–H groups in total. The van der Waals surface area contributed by atoms with Crippen molar-refractivity contribution in [3.63, 3.8) is 0 Å². The van der Waals surface area contributed by atoms with Crippen molar-refractivity contribution in [2.45, 2.75) is 20.0 Å². The van der Waals surface area contributed by atoms with Crippen molar-refractivity contribution in [3.8, 4) is 5.75 Å². The lowest BCUT2D eigenvalue weighted by Crippen LogP contribution is -2.02. The van der Waals surface area contributed by atoms with Gasteiger partial charge in [-0.2, -0.15) is 0 Å². The fourth-order valence-corrected chi connectivity index (χ4v) is 2.46. The molecule has 1 aromatic carbocycles. The molecule has 0 aliphatic carbocycles. The zero-order valence-electron chi connectivity index (χ0n) is 10.1. The molecule has 1 atom stereocenters. The zero-order valence-corrected chi connectivity index (χ0v) is 10.9. The minimum Gasteiger partial charge on any atom is -0.496 e. The van der Waals surface area contributed by atoms with Gasteiger partial charge in [0.15, 0.2) is 0 Å². The summed E-state index contributed by atoms with van der Waals surface area (Å²) in [5.74, 6) is 0.850. The quantitative estimate of drug-likeness (QED) is 0.909. The van der Waals surface area contributed by atoms with Gasteiger partial charge in [-0.05, 0) is 42.7 Å². The Balaban J connectivity index is 2.42. The number of aliphatic hydroxyl groups excluding tert-OH is 1. The number of aromatic nitrogens is 1.